The summed E-state index contributed by atoms with van der Waals surface area (Å²) in [7, 11) is 0. The Morgan fingerprint density at radius 2 is 2.12 bits per heavy atom. The minimum absolute atomic E-state index is 0.231. The Morgan fingerprint density at radius 3 is 2.94 bits per heavy atom. The molecule has 5 nitrogen and oxygen atoms in total. The molecule has 0 aliphatic heterocycles. The predicted molar refractivity (Wildman–Crippen MR) is 130 cm³/mol. The Bertz CT molecular complexity index is 1300. The number of aliphatic hydroxyl groups excluding tert-OH is 1. The lowest BCUT2D eigenvalue weighted by Crippen LogP contribution is -2.13. The van der Waals surface area contributed by atoms with Gasteiger partial charge in [-0.1, -0.05) is 23.7 Å². The van der Waals surface area contributed by atoms with Crippen LogP contribution in [0.1, 0.15) is 28.8 Å². The van der Waals surface area contributed by atoms with Crippen molar-refractivity contribution in [2.75, 3.05) is 11.9 Å². The molecule has 5 rings (SSSR count). The van der Waals surface area contributed by atoms with Gasteiger partial charge in [0.05, 0.1) is 10.4 Å². The molecule has 33 heavy (non-hydrogen) atoms. The number of ether oxygens (including phenoxy) is 1. The Morgan fingerprint density at radius 1 is 1.21 bits per heavy atom. The molecule has 8 heteroatoms. The number of rotatable bonds is 7. The molecule has 0 saturated carbocycles. The van der Waals surface area contributed by atoms with Crippen LogP contribution in [0.4, 0.5) is 15.9 Å². The summed E-state index contributed by atoms with van der Waals surface area (Å²) in [5, 5.41) is 14.2. The van der Waals surface area contributed by atoms with E-state index in [2.05, 4.69) is 15.3 Å². The smallest absolute Gasteiger partial charge is 0.142 e. The molecule has 1 unspecified atom stereocenters. The van der Waals surface area contributed by atoms with Crippen molar-refractivity contribution in [3.05, 3.63) is 75.6 Å². The van der Waals surface area contributed by atoms with E-state index in [0.29, 0.717) is 16.7 Å². The van der Waals surface area contributed by atoms with Crippen LogP contribution in [0.3, 0.4) is 0 Å². The molecule has 0 saturated heterocycles. The minimum atomic E-state index is -0.294. The van der Waals surface area contributed by atoms with Crippen molar-refractivity contribution in [3.8, 4) is 5.75 Å². The van der Waals surface area contributed by atoms with E-state index < -0.39 is 0 Å². The number of aromatic nitrogens is 2. The SMILES string of the molecule is OCCC1CCc2c(sc3ncnc(Nc4ccc(OCc5cccc(F)c5)c(Cl)c4)c23)C1. The van der Waals surface area contributed by atoms with Crippen molar-refractivity contribution in [2.45, 2.75) is 32.3 Å². The summed E-state index contributed by atoms with van der Waals surface area (Å²) in [5.41, 5.74) is 2.85. The highest BCUT2D eigenvalue weighted by molar-refractivity contribution is 7.19. The average molecular weight is 484 g/mol. The lowest BCUT2D eigenvalue weighted by atomic mass is 9.86. The fraction of sp³-hybridized carbons (Fsp3) is 0.280. The number of benzene rings is 2. The van der Waals surface area contributed by atoms with E-state index in [-0.39, 0.29) is 19.0 Å². The van der Waals surface area contributed by atoms with Crippen LogP contribution in [0.2, 0.25) is 5.02 Å². The maximum absolute atomic E-state index is 13.4. The molecule has 170 valence electrons. The summed E-state index contributed by atoms with van der Waals surface area (Å²) in [6.45, 7) is 0.468. The molecular formula is C25H23ClFN3O2S. The van der Waals surface area contributed by atoms with Crippen molar-refractivity contribution < 1.29 is 14.2 Å². The second kappa shape index (κ2) is 9.63. The monoisotopic (exact) mass is 483 g/mol. The highest BCUT2D eigenvalue weighted by atomic mass is 35.5. The molecule has 0 amide bonds. The number of nitrogens with one attached hydrogen (secondary N) is 1. The second-order valence-corrected chi connectivity index (χ2v) is 9.71. The third kappa shape index (κ3) is 4.81. The Kier molecular flexibility index (Phi) is 6.44. The van der Waals surface area contributed by atoms with Gasteiger partial charge in [0.1, 0.15) is 35.1 Å². The molecule has 0 spiro atoms. The van der Waals surface area contributed by atoms with Crippen LogP contribution >= 0.6 is 22.9 Å². The fourth-order valence-electron chi connectivity index (χ4n) is 4.32. The normalized spacial score (nSPS) is 15.4. The average Bonchev–Trinajstić information content (AvgIpc) is 3.17. The van der Waals surface area contributed by atoms with Gasteiger partial charge in [0.25, 0.3) is 0 Å². The molecule has 1 aliphatic rings. The van der Waals surface area contributed by atoms with E-state index in [4.69, 9.17) is 16.3 Å². The Balaban J connectivity index is 1.35. The molecule has 2 aromatic carbocycles. The maximum atomic E-state index is 13.4. The first-order chi connectivity index (χ1) is 16.1. The second-order valence-electron chi connectivity index (χ2n) is 8.22. The molecule has 0 radical (unpaired) electrons. The van der Waals surface area contributed by atoms with Crippen LogP contribution in [0.25, 0.3) is 10.2 Å². The summed E-state index contributed by atoms with van der Waals surface area (Å²) in [6, 6.07) is 11.8. The fourth-order valence-corrected chi connectivity index (χ4v) is 5.86. The predicted octanol–water partition coefficient (Wildman–Crippen LogP) is 6.29. The van der Waals surface area contributed by atoms with Gasteiger partial charge in [-0.3, -0.25) is 0 Å². The number of thiophene rings is 1. The van der Waals surface area contributed by atoms with E-state index in [0.717, 1.165) is 53.0 Å². The number of hydrogen-bond acceptors (Lipinski definition) is 6. The summed E-state index contributed by atoms with van der Waals surface area (Å²) >= 11 is 8.18. The first-order valence-electron chi connectivity index (χ1n) is 10.9. The molecule has 1 aliphatic carbocycles. The largest absolute Gasteiger partial charge is 0.487 e. The van der Waals surface area contributed by atoms with Crippen LogP contribution in [0, 0.1) is 11.7 Å². The Hall–Kier alpha value is -2.74. The van der Waals surface area contributed by atoms with Gasteiger partial charge in [0, 0.05) is 17.2 Å². The number of anilines is 2. The first kappa shape index (κ1) is 22.1. The number of nitrogens with zero attached hydrogens (tertiary/aromatic N) is 2. The molecule has 2 N–H and O–H groups in total. The lowest BCUT2D eigenvalue weighted by Gasteiger charge is -2.21. The van der Waals surface area contributed by atoms with Crippen LogP contribution in [0.5, 0.6) is 5.75 Å². The number of aryl methyl sites for hydroxylation is 1. The van der Waals surface area contributed by atoms with Crippen LogP contribution < -0.4 is 10.1 Å². The van der Waals surface area contributed by atoms with E-state index >= 15 is 0 Å². The van der Waals surface area contributed by atoms with E-state index in [1.165, 1.54) is 22.6 Å². The van der Waals surface area contributed by atoms with Gasteiger partial charge in [-0.2, -0.15) is 0 Å². The van der Waals surface area contributed by atoms with Crippen LogP contribution in [0.15, 0.2) is 48.8 Å². The quantitative estimate of drug-likeness (QED) is 0.323. The molecular weight excluding hydrogens is 461 g/mol. The third-order valence-electron chi connectivity index (χ3n) is 5.96. The van der Waals surface area contributed by atoms with Crippen LogP contribution in [-0.4, -0.2) is 21.7 Å². The minimum Gasteiger partial charge on any atom is -0.487 e. The van der Waals surface area contributed by atoms with E-state index in [9.17, 15) is 9.50 Å². The molecule has 1 atom stereocenters. The number of hydrogen-bond donors (Lipinski definition) is 2. The van der Waals surface area contributed by atoms with Gasteiger partial charge in [0.15, 0.2) is 0 Å². The van der Waals surface area contributed by atoms with Gasteiger partial charge >= 0.3 is 0 Å². The maximum Gasteiger partial charge on any atom is 0.142 e. The summed E-state index contributed by atoms with van der Waals surface area (Å²) < 4.78 is 19.1. The van der Waals surface area contributed by atoms with Gasteiger partial charge < -0.3 is 15.2 Å². The topological polar surface area (TPSA) is 67.3 Å². The summed E-state index contributed by atoms with van der Waals surface area (Å²) in [5.74, 6) is 1.53. The zero-order valence-electron chi connectivity index (χ0n) is 17.9. The van der Waals surface area contributed by atoms with Gasteiger partial charge in [-0.25, -0.2) is 14.4 Å². The molecule has 4 aromatic rings. The van der Waals surface area contributed by atoms with Crippen LogP contribution in [-0.2, 0) is 19.4 Å². The lowest BCUT2D eigenvalue weighted by molar-refractivity contribution is 0.249. The van der Waals surface area contributed by atoms with Crippen molar-refractivity contribution in [2.24, 2.45) is 5.92 Å². The van der Waals surface area contributed by atoms with Crippen molar-refractivity contribution in [1.29, 1.82) is 0 Å². The number of aliphatic hydroxyl groups is 1. The highest BCUT2D eigenvalue weighted by Crippen LogP contribution is 2.41. The van der Waals surface area contributed by atoms with Crippen molar-refractivity contribution in [3.63, 3.8) is 0 Å². The Labute approximate surface area is 200 Å². The summed E-state index contributed by atoms with van der Waals surface area (Å²) in [4.78, 5) is 11.3. The van der Waals surface area contributed by atoms with Crippen molar-refractivity contribution in [1.82, 2.24) is 9.97 Å². The highest BCUT2D eigenvalue weighted by Gasteiger charge is 2.25. The number of halogens is 2. The molecule has 0 bridgehead atoms. The number of fused-ring (bicyclic) bond motifs is 3. The molecule has 2 aromatic heterocycles. The van der Waals surface area contributed by atoms with E-state index in [1.807, 2.05) is 6.07 Å². The standard InChI is InChI=1S/C25H23ClFN3O2S/c26-20-12-18(5-7-21(20)32-13-16-2-1-3-17(27)10-16)30-24-23-19-6-4-15(8-9-31)11-22(19)33-25(23)29-14-28-24/h1-3,5,7,10,12,14-15,31H,4,6,8-9,11,13H2,(H,28,29,30). The van der Waals surface area contributed by atoms with Gasteiger partial charge in [0.2, 0.25) is 0 Å². The van der Waals surface area contributed by atoms with Gasteiger partial charge in [-0.15, -0.1) is 11.3 Å². The zero-order valence-corrected chi connectivity index (χ0v) is 19.4. The zero-order chi connectivity index (χ0) is 22.8. The third-order valence-corrected chi connectivity index (χ3v) is 7.42. The molecule has 0 fully saturated rings. The van der Waals surface area contributed by atoms with Crippen molar-refractivity contribution >= 4 is 44.7 Å². The summed E-state index contributed by atoms with van der Waals surface area (Å²) in [6.07, 6.45) is 5.44. The molecule has 2 heterocycles. The van der Waals surface area contributed by atoms with E-state index in [1.54, 1.807) is 41.9 Å². The van der Waals surface area contributed by atoms with Gasteiger partial charge in [-0.05, 0) is 73.1 Å². The first-order valence-corrected chi connectivity index (χ1v) is 12.1.